The first-order chi connectivity index (χ1) is 53.7. The summed E-state index contributed by atoms with van der Waals surface area (Å²) in [5.74, 6) is -2.41. The summed E-state index contributed by atoms with van der Waals surface area (Å²) in [5, 5.41) is 10.7. The number of phosphoric ester groups is 2. The lowest BCUT2D eigenvalue weighted by molar-refractivity contribution is -0.161. The van der Waals surface area contributed by atoms with E-state index < -0.39 is 97.5 Å². The molecule has 19 heteroatoms. The van der Waals surface area contributed by atoms with Crippen molar-refractivity contribution in [1.82, 2.24) is 0 Å². The largest absolute Gasteiger partial charge is 0.472 e. The zero-order valence-electron chi connectivity index (χ0n) is 68.1. The molecular formula is C91H146O17P2. The molecule has 17 nitrogen and oxygen atoms in total. The van der Waals surface area contributed by atoms with E-state index in [1.54, 1.807) is 0 Å². The maximum absolute atomic E-state index is 13.1. The average molecular weight is 1570 g/mol. The zero-order valence-corrected chi connectivity index (χ0v) is 69.9. The smallest absolute Gasteiger partial charge is 0.462 e. The van der Waals surface area contributed by atoms with Crippen molar-refractivity contribution in [2.75, 3.05) is 39.6 Å². The van der Waals surface area contributed by atoms with Gasteiger partial charge in [0.05, 0.1) is 26.4 Å². The molecule has 622 valence electrons. The van der Waals surface area contributed by atoms with Gasteiger partial charge in [0.25, 0.3) is 0 Å². The van der Waals surface area contributed by atoms with E-state index in [1.165, 1.54) is 57.8 Å². The van der Waals surface area contributed by atoms with Gasteiger partial charge in [-0.15, -0.1) is 0 Å². The number of hydrogen-bond acceptors (Lipinski definition) is 15. The number of ether oxygens (including phenoxy) is 4. The summed E-state index contributed by atoms with van der Waals surface area (Å²) in [5.41, 5.74) is 0. The van der Waals surface area contributed by atoms with E-state index in [2.05, 4.69) is 192 Å². The Balaban J connectivity index is 5.57. The molecule has 0 spiro atoms. The number of allylic oxidation sites excluding steroid dienone is 32. The van der Waals surface area contributed by atoms with Crippen molar-refractivity contribution >= 4 is 39.5 Å². The molecule has 0 fully saturated rings. The molecule has 0 aliphatic heterocycles. The third-order valence-electron chi connectivity index (χ3n) is 16.5. The van der Waals surface area contributed by atoms with E-state index in [9.17, 15) is 43.2 Å². The maximum Gasteiger partial charge on any atom is 0.472 e. The minimum atomic E-state index is -5.03. The van der Waals surface area contributed by atoms with Gasteiger partial charge >= 0.3 is 39.5 Å². The van der Waals surface area contributed by atoms with Crippen molar-refractivity contribution in [2.45, 2.75) is 316 Å². The number of rotatable bonds is 76. The van der Waals surface area contributed by atoms with Crippen molar-refractivity contribution in [3.63, 3.8) is 0 Å². The number of unbranched alkanes of at least 4 members (excludes halogenated alkanes) is 18. The summed E-state index contributed by atoms with van der Waals surface area (Å²) in [6.07, 6.45) is 99.9. The first-order valence-corrected chi connectivity index (χ1v) is 44.7. The summed E-state index contributed by atoms with van der Waals surface area (Å²) in [6, 6.07) is 0. The second kappa shape index (κ2) is 80.9. The van der Waals surface area contributed by atoms with Crippen LogP contribution in [-0.2, 0) is 65.4 Å². The molecule has 0 aliphatic rings. The fraction of sp³-hybridized carbons (Fsp3) is 0.604. The summed E-state index contributed by atoms with van der Waals surface area (Å²) < 4.78 is 68.5. The molecule has 5 atom stereocenters. The van der Waals surface area contributed by atoms with Crippen LogP contribution in [0.4, 0.5) is 0 Å². The average Bonchev–Trinajstić information content (AvgIpc) is 0.905. The van der Waals surface area contributed by atoms with Gasteiger partial charge in [0, 0.05) is 25.7 Å². The molecule has 0 aromatic heterocycles. The van der Waals surface area contributed by atoms with Crippen LogP contribution in [0.1, 0.15) is 297 Å². The number of hydrogen-bond donors (Lipinski definition) is 3. The SMILES string of the molecule is CC/C=C\C/C=C\C/C=C\C/C=C\C/C=C\CCCCCC(=O)O[C@H](COC(=O)CCCCCCC/C=C\C/C=C\CCCCC)COP(=O)(O)OC[C@H](O)COP(=O)(O)OC[C@@H](COC(=O)CCC/C=C\C/C=C\C/C=C\C/C=C\CCCCC)OC(=O)CC/C=C\C/C=C\C/C=C\C/C=C\C/C=C\CCCCC. The predicted molar refractivity (Wildman–Crippen MR) is 454 cm³/mol. The fourth-order valence-corrected chi connectivity index (χ4v) is 11.8. The molecular weight excluding hydrogens is 1430 g/mol. The molecule has 0 bridgehead atoms. The Morgan fingerprint density at radius 2 is 0.500 bits per heavy atom. The van der Waals surface area contributed by atoms with E-state index in [0.29, 0.717) is 38.5 Å². The normalized spacial score (nSPS) is 14.8. The van der Waals surface area contributed by atoms with Crippen LogP contribution < -0.4 is 0 Å². The van der Waals surface area contributed by atoms with Crippen molar-refractivity contribution in [1.29, 1.82) is 0 Å². The van der Waals surface area contributed by atoms with E-state index in [1.807, 2.05) is 30.4 Å². The van der Waals surface area contributed by atoms with Crippen LogP contribution in [0.15, 0.2) is 194 Å². The molecule has 0 aliphatic carbocycles. The second-order valence-electron chi connectivity index (χ2n) is 27.0. The molecule has 0 aromatic carbocycles. The van der Waals surface area contributed by atoms with Gasteiger partial charge in [-0.3, -0.25) is 37.3 Å². The van der Waals surface area contributed by atoms with Crippen LogP contribution in [-0.4, -0.2) is 96.7 Å². The first-order valence-electron chi connectivity index (χ1n) is 41.7. The third kappa shape index (κ3) is 80.0. The molecule has 0 amide bonds. The standard InChI is InChI=1S/C91H146O17P2/c1-5-9-13-17-21-25-29-33-37-40-42-45-49-53-57-61-65-69-73-77-90(95)107-86(81-101-88(93)75-71-67-63-59-55-51-47-36-32-28-24-20-16-12-8-4)83-105-109(97,98)103-79-85(92)80-104-110(99,100)106-84-87(82-102-89(94)76-72-68-64-60-56-52-48-44-39-35-31-27-23-19-15-11-7-3)108-91(96)78-74-70-66-62-58-54-50-46-43-41-38-34-30-26-22-18-14-10-6-2/h9,13,21-28,33-39,42-43,45-48,52-54,57-58,60,64,66,70,85-87,92H,5-8,10-12,14-20,29-32,40-41,44,49-51,55-56,59,61-63,65,67-69,71-84H2,1-4H3,(H,97,98)(H,99,100)/b13-9-,25-21-,26-22-,27-23-,28-24-,37-33-,38-34-,39-35-,45-42-,46-43-,47-36-,52-48-,57-53-,58-54-,64-60-,70-66-/t85-,86+,87+/m0/s1. The van der Waals surface area contributed by atoms with Gasteiger partial charge in [-0.05, 0) is 180 Å². The Bertz CT molecular complexity index is 2850. The lowest BCUT2D eigenvalue weighted by atomic mass is 10.1. The number of phosphoric acid groups is 2. The monoisotopic (exact) mass is 1570 g/mol. The Morgan fingerprint density at radius 1 is 0.264 bits per heavy atom. The van der Waals surface area contributed by atoms with Crippen LogP contribution >= 0.6 is 15.6 Å². The molecule has 0 radical (unpaired) electrons. The highest BCUT2D eigenvalue weighted by molar-refractivity contribution is 7.47. The minimum Gasteiger partial charge on any atom is -0.462 e. The van der Waals surface area contributed by atoms with E-state index in [-0.39, 0.29) is 25.7 Å². The molecule has 0 rings (SSSR count). The first kappa shape index (κ1) is 104. The highest BCUT2D eigenvalue weighted by atomic mass is 31.2. The predicted octanol–water partition coefficient (Wildman–Crippen LogP) is 24.9. The second-order valence-corrected chi connectivity index (χ2v) is 29.9. The van der Waals surface area contributed by atoms with Crippen molar-refractivity contribution in [3.8, 4) is 0 Å². The Kier molecular flexibility index (Phi) is 76.4. The zero-order chi connectivity index (χ0) is 80.3. The van der Waals surface area contributed by atoms with Gasteiger partial charge in [0.15, 0.2) is 12.2 Å². The van der Waals surface area contributed by atoms with Crippen molar-refractivity contribution in [3.05, 3.63) is 194 Å². The quantitative estimate of drug-likeness (QED) is 0.0169. The van der Waals surface area contributed by atoms with E-state index >= 15 is 0 Å². The Hall–Kier alpha value is -6.10. The van der Waals surface area contributed by atoms with Crippen LogP contribution in [0.25, 0.3) is 0 Å². The Morgan fingerprint density at radius 3 is 0.827 bits per heavy atom. The number of esters is 4. The van der Waals surface area contributed by atoms with Crippen LogP contribution in [0.5, 0.6) is 0 Å². The number of aliphatic hydroxyl groups excluding tert-OH is 1. The van der Waals surface area contributed by atoms with Crippen LogP contribution in [0.3, 0.4) is 0 Å². The summed E-state index contributed by atoms with van der Waals surface area (Å²) >= 11 is 0. The molecule has 0 saturated heterocycles. The third-order valence-corrected chi connectivity index (χ3v) is 18.4. The van der Waals surface area contributed by atoms with Gasteiger partial charge in [0.1, 0.15) is 19.3 Å². The highest BCUT2D eigenvalue weighted by Crippen LogP contribution is 2.45. The van der Waals surface area contributed by atoms with Gasteiger partial charge in [0.2, 0.25) is 0 Å². The summed E-state index contributed by atoms with van der Waals surface area (Å²) in [4.78, 5) is 73.1. The topological polar surface area (TPSA) is 237 Å². The lowest BCUT2D eigenvalue weighted by Gasteiger charge is -2.21. The highest BCUT2D eigenvalue weighted by Gasteiger charge is 2.30. The van der Waals surface area contributed by atoms with Gasteiger partial charge in [-0.1, -0.05) is 286 Å². The fourth-order valence-electron chi connectivity index (χ4n) is 10.2. The molecule has 3 N–H and O–H groups in total. The Labute approximate surface area is 666 Å². The molecule has 0 aromatic rings. The number of carbonyl (C=O) groups excluding carboxylic acids is 4. The molecule has 2 unspecified atom stereocenters. The molecule has 110 heavy (non-hydrogen) atoms. The van der Waals surface area contributed by atoms with Crippen LogP contribution in [0, 0.1) is 0 Å². The minimum absolute atomic E-state index is 0.0417. The van der Waals surface area contributed by atoms with Gasteiger partial charge in [-0.25, -0.2) is 9.13 Å². The van der Waals surface area contributed by atoms with Gasteiger partial charge in [-0.2, -0.15) is 0 Å². The summed E-state index contributed by atoms with van der Waals surface area (Å²) in [7, 11) is -10.0. The lowest BCUT2D eigenvalue weighted by Crippen LogP contribution is -2.30. The van der Waals surface area contributed by atoms with E-state index in [4.69, 9.17) is 37.0 Å². The number of carbonyl (C=O) groups is 4. The van der Waals surface area contributed by atoms with Crippen molar-refractivity contribution < 1.29 is 80.2 Å². The van der Waals surface area contributed by atoms with Crippen LogP contribution in [0.2, 0.25) is 0 Å². The molecule has 0 saturated carbocycles. The summed E-state index contributed by atoms with van der Waals surface area (Å²) in [6.45, 7) is 4.46. The van der Waals surface area contributed by atoms with E-state index in [0.717, 1.165) is 148 Å². The van der Waals surface area contributed by atoms with Crippen molar-refractivity contribution in [2.24, 2.45) is 0 Å². The van der Waals surface area contributed by atoms with Gasteiger partial charge < -0.3 is 33.8 Å². The maximum atomic E-state index is 13.1. The number of aliphatic hydroxyl groups is 1. The molecule has 0 heterocycles.